The fourth-order valence-electron chi connectivity index (χ4n) is 2.28. The minimum absolute atomic E-state index is 0.0758. The van der Waals surface area contributed by atoms with Gasteiger partial charge in [-0.25, -0.2) is 0 Å². The number of rotatable bonds is 3. The molecule has 5 nitrogen and oxygen atoms in total. The molecule has 1 heterocycles. The van der Waals surface area contributed by atoms with Crippen molar-refractivity contribution < 1.29 is 27.4 Å². The van der Waals surface area contributed by atoms with Crippen LogP contribution >= 0.6 is 34.8 Å². The van der Waals surface area contributed by atoms with Gasteiger partial charge in [0.05, 0.1) is 7.11 Å². The molecule has 0 atom stereocenters. The number of alkyl halides is 6. The third kappa shape index (κ3) is 4.19. The molecule has 0 bridgehead atoms. The van der Waals surface area contributed by atoms with E-state index < -0.39 is 21.7 Å². The zero-order valence-corrected chi connectivity index (χ0v) is 16.3. The molecule has 0 amide bonds. The second kappa shape index (κ2) is 7.42. The van der Waals surface area contributed by atoms with Crippen LogP contribution < -0.4 is 19.5 Å². The lowest BCUT2D eigenvalue weighted by molar-refractivity contribution is -0.0821. The molecule has 150 valence electrons. The van der Waals surface area contributed by atoms with Gasteiger partial charge in [-0.05, 0) is 36.4 Å². The number of benzene rings is 2. The Hall–Kier alpha value is -2.03. The summed E-state index contributed by atoms with van der Waals surface area (Å²) in [7, 11) is 1.43. The number of anilines is 1. The molecule has 1 N–H and O–H groups in total. The van der Waals surface area contributed by atoms with Crippen LogP contribution in [0.4, 0.5) is 18.9 Å². The lowest BCUT2D eigenvalue weighted by atomic mass is 10.3. The fourth-order valence-corrected chi connectivity index (χ4v) is 2.64. The third-order valence-electron chi connectivity index (χ3n) is 3.58. The molecule has 2 aromatic rings. The molecule has 0 radical (unpaired) electrons. The number of amidine groups is 1. The van der Waals surface area contributed by atoms with E-state index in [2.05, 4.69) is 10.3 Å². The molecule has 3 rings (SSSR count). The number of para-hydroxylation sites is 2. The molecule has 11 heteroatoms. The quantitative estimate of drug-likeness (QED) is 0.374. The summed E-state index contributed by atoms with van der Waals surface area (Å²) in [6, 6.07) is 11.8. The molecule has 0 aromatic heterocycles. The van der Waals surface area contributed by atoms with Gasteiger partial charge in [-0.3, -0.25) is 0 Å². The summed E-state index contributed by atoms with van der Waals surface area (Å²) < 4.78 is 54.2. The molecule has 0 saturated heterocycles. The molecule has 0 saturated carbocycles. The van der Waals surface area contributed by atoms with Crippen molar-refractivity contribution >= 4 is 46.3 Å². The van der Waals surface area contributed by atoms with Crippen molar-refractivity contribution in [3.8, 4) is 17.2 Å². The zero-order valence-electron chi connectivity index (χ0n) is 14.1. The van der Waals surface area contributed by atoms with Crippen LogP contribution in [0.5, 0.6) is 17.2 Å². The van der Waals surface area contributed by atoms with Gasteiger partial charge in [0.2, 0.25) is 5.84 Å². The highest BCUT2D eigenvalue weighted by Gasteiger charge is 2.60. The number of hydrogen-bond donors (Lipinski definition) is 1. The van der Waals surface area contributed by atoms with Crippen LogP contribution in [0.3, 0.4) is 0 Å². The van der Waals surface area contributed by atoms with Gasteiger partial charge < -0.3 is 19.5 Å². The van der Waals surface area contributed by atoms with Crippen molar-refractivity contribution in [3.63, 3.8) is 0 Å². The number of methoxy groups -OCH3 is 1. The topological polar surface area (TPSA) is 52.1 Å². The Morgan fingerprint density at radius 3 is 1.96 bits per heavy atom. The summed E-state index contributed by atoms with van der Waals surface area (Å²) in [5.74, 6) is -3.42. The normalized spacial score (nSPS) is 16.0. The molecule has 2 aromatic carbocycles. The van der Waals surface area contributed by atoms with E-state index in [1.165, 1.54) is 43.5 Å². The SMILES string of the molecule is COc1ccc(N/C(=N/C2(C(Cl)(Cl)Cl)Oc3ccccc3O2)C(F)(F)F)cc1. The molecular weight excluding hydrogens is 444 g/mol. The van der Waals surface area contributed by atoms with E-state index in [-0.39, 0.29) is 17.2 Å². The molecular formula is C17H12Cl3F3N2O3. The van der Waals surface area contributed by atoms with Crippen LogP contribution in [0.1, 0.15) is 0 Å². The van der Waals surface area contributed by atoms with Crippen molar-refractivity contribution in [2.75, 3.05) is 12.4 Å². The van der Waals surface area contributed by atoms with Gasteiger partial charge in [0.25, 0.3) is 3.79 Å². The molecule has 28 heavy (non-hydrogen) atoms. The van der Waals surface area contributed by atoms with Gasteiger partial charge in [-0.2, -0.15) is 18.2 Å². The number of ether oxygens (including phenoxy) is 3. The number of halogens is 6. The summed E-state index contributed by atoms with van der Waals surface area (Å²) in [5.41, 5.74) is 0.0758. The average molecular weight is 456 g/mol. The van der Waals surface area contributed by atoms with E-state index >= 15 is 0 Å². The average Bonchev–Trinajstić information content (AvgIpc) is 3.00. The van der Waals surface area contributed by atoms with E-state index in [4.69, 9.17) is 49.0 Å². The lowest BCUT2D eigenvalue weighted by Gasteiger charge is -2.30. The first kappa shape index (κ1) is 20.7. The lowest BCUT2D eigenvalue weighted by Crippen LogP contribution is -2.51. The predicted octanol–water partition coefficient (Wildman–Crippen LogP) is 5.56. The smallest absolute Gasteiger partial charge is 0.449 e. The van der Waals surface area contributed by atoms with Crippen LogP contribution in [0.2, 0.25) is 0 Å². The molecule has 1 aliphatic rings. The Morgan fingerprint density at radius 1 is 1.00 bits per heavy atom. The predicted molar refractivity (Wildman–Crippen MR) is 101 cm³/mol. The summed E-state index contributed by atoms with van der Waals surface area (Å²) in [4.78, 5) is 3.51. The first-order valence-corrected chi connectivity index (χ1v) is 8.79. The van der Waals surface area contributed by atoms with E-state index in [9.17, 15) is 13.2 Å². The van der Waals surface area contributed by atoms with Crippen LogP contribution in [-0.4, -0.2) is 28.8 Å². The highest BCUT2D eigenvalue weighted by molar-refractivity contribution is 6.68. The van der Waals surface area contributed by atoms with E-state index in [1.54, 1.807) is 12.1 Å². The molecule has 0 aliphatic carbocycles. The Balaban J connectivity index is 2.02. The van der Waals surface area contributed by atoms with E-state index in [0.29, 0.717) is 5.75 Å². The second-order valence-corrected chi connectivity index (χ2v) is 7.82. The maximum absolute atomic E-state index is 13.6. The molecule has 0 unspecified atom stereocenters. The Bertz CT molecular complexity index is 859. The zero-order chi connectivity index (χ0) is 20.6. The number of hydrogen-bond acceptors (Lipinski definition) is 4. The number of aliphatic imine (C=N–C) groups is 1. The van der Waals surface area contributed by atoms with Crippen LogP contribution in [0.25, 0.3) is 0 Å². The molecule has 1 aliphatic heterocycles. The minimum atomic E-state index is -4.93. The molecule has 0 spiro atoms. The summed E-state index contributed by atoms with van der Waals surface area (Å²) in [6.07, 6.45) is -4.93. The molecule has 0 fully saturated rings. The standard InChI is InChI=1S/C17H12Cl3F3N2O3/c1-26-11-8-6-10(7-9-11)24-14(15(21,22)23)25-17(16(18,19)20)27-12-4-2-3-5-13(12)28-17/h2-9H,1H3,(H,24,25). The van der Waals surface area contributed by atoms with Gasteiger partial charge in [0.1, 0.15) is 5.75 Å². The second-order valence-electron chi connectivity index (χ2n) is 5.54. The Labute approximate surface area is 172 Å². The largest absolute Gasteiger partial charge is 0.497 e. The van der Waals surface area contributed by atoms with Gasteiger partial charge in [-0.15, -0.1) is 0 Å². The third-order valence-corrected chi connectivity index (χ3v) is 4.30. The number of nitrogens with zero attached hydrogens (tertiary/aromatic N) is 1. The first-order valence-electron chi connectivity index (χ1n) is 7.66. The summed E-state index contributed by atoms with van der Waals surface area (Å²) in [6.45, 7) is 0. The monoisotopic (exact) mass is 454 g/mol. The van der Waals surface area contributed by atoms with Gasteiger partial charge in [-0.1, -0.05) is 46.9 Å². The van der Waals surface area contributed by atoms with Gasteiger partial charge >= 0.3 is 12.1 Å². The van der Waals surface area contributed by atoms with Crippen molar-refractivity contribution in [1.29, 1.82) is 0 Å². The van der Waals surface area contributed by atoms with Crippen molar-refractivity contribution in [1.82, 2.24) is 0 Å². The van der Waals surface area contributed by atoms with Gasteiger partial charge in [0.15, 0.2) is 11.5 Å². The van der Waals surface area contributed by atoms with Crippen LogP contribution in [0, 0.1) is 0 Å². The minimum Gasteiger partial charge on any atom is -0.497 e. The Morgan fingerprint density at radius 2 is 1.54 bits per heavy atom. The van der Waals surface area contributed by atoms with E-state index in [1.807, 2.05) is 0 Å². The van der Waals surface area contributed by atoms with Crippen LogP contribution in [-0.2, 0) is 0 Å². The number of fused-ring (bicyclic) bond motifs is 1. The van der Waals surface area contributed by atoms with Crippen molar-refractivity contribution in [2.24, 2.45) is 4.99 Å². The maximum atomic E-state index is 13.6. The van der Waals surface area contributed by atoms with Crippen molar-refractivity contribution in [2.45, 2.75) is 15.9 Å². The summed E-state index contributed by atoms with van der Waals surface area (Å²) >= 11 is 17.7. The maximum Gasteiger partial charge on any atom is 0.449 e. The number of nitrogens with one attached hydrogen (secondary N) is 1. The van der Waals surface area contributed by atoms with Gasteiger partial charge in [0, 0.05) is 5.69 Å². The van der Waals surface area contributed by atoms with E-state index in [0.717, 1.165) is 0 Å². The highest BCUT2D eigenvalue weighted by Crippen LogP contribution is 2.50. The summed E-state index contributed by atoms with van der Waals surface area (Å²) in [5, 5.41) is 2.15. The fraction of sp³-hybridized carbons (Fsp3) is 0.235. The van der Waals surface area contributed by atoms with Crippen LogP contribution in [0.15, 0.2) is 53.5 Å². The van der Waals surface area contributed by atoms with Crippen molar-refractivity contribution in [3.05, 3.63) is 48.5 Å². The Kier molecular flexibility index (Phi) is 5.49. The highest BCUT2D eigenvalue weighted by atomic mass is 35.6. The first-order chi connectivity index (χ1) is 13.0.